The molecule has 0 spiro atoms. The Hall–Kier alpha value is -3.40. The van der Waals surface area contributed by atoms with Crippen LogP contribution in [0.5, 0.6) is 0 Å². The van der Waals surface area contributed by atoms with Crippen molar-refractivity contribution in [3.8, 4) is 0 Å². The van der Waals surface area contributed by atoms with E-state index in [0.29, 0.717) is 0 Å². The van der Waals surface area contributed by atoms with Gasteiger partial charge in [0.25, 0.3) is 5.91 Å². The van der Waals surface area contributed by atoms with Crippen LogP contribution in [0.1, 0.15) is 33.9 Å². The lowest BCUT2D eigenvalue weighted by Crippen LogP contribution is -2.56. The summed E-state index contributed by atoms with van der Waals surface area (Å²) in [4.78, 5) is 30.4. The Bertz CT molecular complexity index is 1120. The fraction of sp³-hybridized carbons (Fsp3) is 0.231. The van der Waals surface area contributed by atoms with Crippen LogP contribution >= 0.6 is 0 Å². The lowest BCUT2D eigenvalue weighted by molar-refractivity contribution is -0.128. The van der Waals surface area contributed by atoms with Crippen molar-refractivity contribution in [3.63, 3.8) is 0 Å². The van der Waals surface area contributed by atoms with Crippen molar-refractivity contribution in [1.82, 2.24) is 0 Å². The van der Waals surface area contributed by atoms with E-state index in [0.717, 1.165) is 39.2 Å². The standard InChI is InChI=1S/C26H26N2O2/c1-17-10-12-22(14-19(17)3)27-16-24(29)28(23-13-11-18(2)20(4)15-23)25(26(27)30)21-8-6-5-7-9-21/h5-15,25H,16H2,1-4H3/t25-/m0/s1. The monoisotopic (exact) mass is 398 g/mol. The number of benzene rings is 3. The molecule has 1 heterocycles. The second kappa shape index (κ2) is 7.79. The van der Waals surface area contributed by atoms with Crippen LogP contribution in [0.2, 0.25) is 0 Å². The van der Waals surface area contributed by atoms with Gasteiger partial charge in [0.05, 0.1) is 0 Å². The zero-order chi connectivity index (χ0) is 21.4. The minimum atomic E-state index is -0.698. The average molecular weight is 399 g/mol. The van der Waals surface area contributed by atoms with E-state index < -0.39 is 6.04 Å². The third-order valence-electron chi connectivity index (χ3n) is 6.01. The minimum Gasteiger partial charge on any atom is -0.301 e. The van der Waals surface area contributed by atoms with E-state index in [-0.39, 0.29) is 18.4 Å². The van der Waals surface area contributed by atoms with E-state index in [1.807, 2.05) is 94.4 Å². The average Bonchev–Trinajstić information content (AvgIpc) is 2.74. The number of hydrogen-bond acceptors (Lipinski definition) is 2. The Labute approximate surface area is 177 Å². The van der Waals surface area contributed by atoms with Crippen molar-refractivity contribution < 1.29 is 9.59 Å². The third kappa shape index (κ3) is 3.50. The molecule has 152 valence electrons. The lowest BCUT2D eigenvalue weighted by Gasteiger charge is -2.40. The highest BCUT2D eigenvalue weighted by atomic mass is 16.2. The first-order valence-electron chi connectivity index (χ1n) is 10.2. The van der Waals surface area contributed by atoms with Crippen molar-refractivity contribution in [2.24, 2.45) is 0 Å². The van der Waals surface area contributed by atoms with E-state index in [1.165, 1.54) is 0 Å². The van der Waals surface area contributed by atoms with Gasteiger partial charge in [-0.05, 0) is 79.8 Å². The van der Waals surface area contributed by atoms with Crippen LogP contribution in [0.4, 0.5) is 11.4 Å². The molecule has 1 fully saturated rings. The fourth-order valence-electron chi connectivity index (χ4n) is 3.90. The number of rotatable bonds is 3. The smallest absolute Gasteiger partial charge is 0.255 e. The van der Waals surface area contributed by atoms with Gasteiger partial charge >= 0.3 is 0 Å². The highest BCUT2D eigenvalue weighted by Crippen LogP contribution is 2.35. The normalized spacial score (nSPS) is 16.9. The Morgan fingerprint density at radius 3 is 1.87 bits per heavy atom. The highest BCUT2D eigenvalue weighted by Gasteiger charge is 2.41. The lowest BCUT2D eigenvalue weighted by atomic mass is 9.98. The van der Waals surface area contributed by atoms with Crippen LogP contribution < -0.4 is 9.80 Å². The summed E-state index contributed by atoms with van der Waals surface area (Å²) in [7, 11) is 0. The molecule has 0 radical (unpaired) electrons. The second-order valence-corrected chi connectivity index (χ2v) is 8.04. The van der Waals surface area contributed by atoms with Crippen LogP contribution in [0.25, 0.3) is 0 Å². The number of nitrogens with zero attached hydrogens (tertiary/aromatic N) is 2. The molecular formula is C26H26N2O2. The first-order chi connectivity index (χ1) is 14.4. The van der Waals surface area contributed by atoms with Gasteiger partial charge in [-0.1, -0.05) is 42.5 Å². The number of piperazine rings is 1. The molecule has 2 amide bonds. The first-order valence-corrected chi connectivity index (χ1v) is 10.2. The molecule has 0 aromatic heterocycles. The van der Waals surface area contributed by atoms with E-state index in [4.69, 9.17) is 0 Å². The molecule has 0 bridgehead atoms. The van der Waals surface area contributed by atoms with Crippen LogP contribution in [0.3, 0.4) is 0 Å². The summed E-state index contributed by atoms with van der Waals surface area (Å²) in [6, 6.07) is 20.7. The molecule has 0 unspecified atom stereocenters. The summed E-state index contributed by atoms with van der Waals surface area (Å²) in [5.74, 6) is -0.188. The zero-order valence-corrected chi connectivity index (χ0v) is 17.8. The van der Waals surface area contributed by atoms with Gasteiger partial charge in [0.1, 0.15) is 12.6 Å². The molecule has 0 N–H and O–H groups in total. The topological polar surface area (TPSA) is 40.6 Å². The van der Waals surface area contributed by atoms with Gasteiger partial charge < -0.3 is 4.90 Å². The summed E-state index contributed by atoms with van der Waals surface area (Å²) < 4.78 is 0. The number of anilines is 2. The molecule has 3 aromatic carbocycles. The molecule has 4 heteroatoms. The summed E-state index contributed by atoms with van der Waals surface area (Å²) in [6.45, 7) is 8.14. The Morgan fingerprint density at radius 1 is 0.700 bits per heavy atom. The van der Waals surface area contributed by atoms with Gasteiger partial charge in [0.15, 0.2) is 0 Å². The largest absolute Gasteiger partial charge is 0.301 e. The van der Waals surface area contributed by atoms with Gasteiger partial charge in [-0.3, -0.25) is 14.5 Å². The molecule has 1 aliphatic rings. The number of amides is 2. The van der Waals surface area contributed by atoms with Crippen molar-refractivity contribution in [2.45, 2.75) is 33.7 Å². The van der Waals surface area contributed by atoms with Gasteiger partial charge in [-0.2, -0.15) is 0 Å². The maximum atomic E-state index is 13.7. The summed E-state index contributed by atoms with van der Waals surface area (Å²) in [6.07, 6.45) is 0. The van der Waals surface area contributed by atoms with Gasteiger partial charge in [0, 0.05) is 11.4 Å². The van der Waals surface area contributed by atoms with E-state index >= 15 is 0 Å². The van der Waals surface area contributed by atoms with Crippen LogP contribution in [-0.4, -0.2) is 18.4 Å². The Kier molecular flexibility index (Phi) is 5.17. The third-order valence-corrected chi connectivity index (χ3v) is 6.01. The quantitative estimate of drug-likeness (QED) is 0.620. The predicted molar refractivity (Wildman–Crippen MR) is 121 cm³/mol. The molecule has 0 saturated carbocycles. The maximum absolute atomic E-state index is 13.7. The molecule has 1 atom stereocenters. The van der Waals surface area contributed by atoms with Crippen LogP contribution in [-0.2, 0) is 9.59 Å². The van der Waals surface area contributed by atoms with Crippen molar-refractivity contribution in [3.05, 3.63) is 94.5 Å². The molecule has 1 aliphatic heterocycles. The second-order valence-electron chi connectivity index (χ2n) is 8.04. The van der Waals surface area contributed by atoms with Gasteiger partial charge in [-0.25, -0.2) is 0 Å². The van der Waals surface area contributed by atoms with Crippen molar-refractivity contribution in [2.75, 3.05) is 16.3 Å². The Balaban J connectivity index is 1.82. The molecule has 4 nitrogen and oxygen atoms in total. The highest BCUT2D eigenvalue weighted by molar-refractivity contribution is 6.14. The number of hydrogen-bond donors (Lipinski definition) is 0. The first kappa shape index (κ1) is 19.9. The van der Waals surface area contributed by atoms with Crippen LogP contribution in [0, 0.1) is 27.7 Å². The van der Waals surface area contributed by atoms with Crippen molar-refractivity contribution >= 4 is 23.2 Å². The number of carbonyl (C=O) groups excluding carboxylic acids is 2. The molecule has 0 aliphatic carbocycles. The SMILES string of the molecule is Cc1ccc(N2CC(=O)N(c3ccc(C)c(C)c3)[C@@H](c3ccccc3)C2=O)cc1C. The number of carbonyl (C=O) groups is 2. The Morgan fingerprint density at radius 2 is 1.27 bits per heavy atom. The maximum Gasteiger partial charge on any atom is 0.255 e. The van der Waals surface area contributed by atoms with Crippen molar-refractivity contribution in [1.29, 1.82) is 0 Å². The summed E-state index contributed by atoms with van der Waals surface area (Å²) in [5, 5.41) is 0. The molecule has 1 saturated heterocycles. The fourth-order valence-corrected chi connectivity index (χ4v) is 3.90. The molecule has 4 rings (SSSR count). The zero-order valence-electron chi connectivity index (χ0n) is 17.8. The van der Waals surface area contributed by atoms with E-state index in [1.54, 1.807) is 9.80 Å². The van der Waals surface area contributed by atoms with Gasteiger partial charge in [0.2, 0.25) is 5.91 Å². The van der Waals surface area contributed by atoms with Crippen LogP contribution in [0.15, 0.2) is 66.7 Å². The predicted octanol–water partition coefficient (Wildman–Crippen LogP) is 5.04. The van der Waals surface area contributed by atoms with E-state index in [2.05, 4.69) is 0 Å². The molecule has 3 aromatic rings. The van der Waals surface area contributed by atoms with E-state index in [9.17, 15) is 9.59 Å². The van der Waals surface area contributed by atoms with Gasteiger partial charge in [-0.15, -0.1) is 0 Å². The molecular weight excluding hydrogens is 372 g/mol. The summed E-state index contributed by atoms with van der Waals surface area (Å²) in [5.41, 5.74) is 6.83. The number of aryl methyl sites for hydroxylation is 4. The minimum absolute atomic E-state index is 0.0254. The summed E-state index contributed by atoms with van der Waals surface area (Å²) >= 11 is 0. The molecule has 30 heavy (non-hydrogen) atoms.